The lowest BCUT2D eigenvalue weighted by atomic mass is 10.1. The Labute approximate surface area is 235 Å². The van der Waals surface area contributed by atoms with Crippen LogP contribution in [0.3, 0.4) is 0 Å². The molecule has 1 amide bonds. The summed E-state index contributed by atoms with van der Waals surface area (Å²) in [5.41, 5.74) is 8.00. The standard InChI is InChI=1S/C33H33N3O3S/c1-5-40(38,39)29-17-9-25(10-18-29)21-32(37)34-28-15-13-27(14-16-28)33-35-30-20-23(3)8-19-31(30)36(33)24(4)26-11-6-22(2)7-12-26/h6-20,24H,5,21H2,1-4H3,(H,34,37)/t24-/m1/s1. The van der Waals surface area contributed by atoms with Gasteiger partial charge in [0.2, 0.25) is 5.91 Å². The smallest absolute Gasteiger partial charge is 0.228 e. The summed E-state index contributed by atoms with van der Waals surface area (Å²) in [6.07, 6.45) is 0.150. The maximum atomic E-state index is 12.7. The van der Waals surface area contributed by atoms with Crippen molar-refractivity contribution in [1.82, 2.24) is 9.55 Å². The van der Waals surface area contributed by atoms with Gasteiger partial charge < -0.3 is 9.88 Å². The molecule has 40 heavy (non-hydrogen) atoms. The Balaban J connectivity index is 1.38. The summed E-state index contributed by atoms with van der Waals surface area (Å²) in [6, 6.07) is 29.2. The van der Waals surface area contributed by atoms with Gasteiger partial charge in [-0.2, -0.15) is 0 Å². The van der Waals surface area contributed by atoms with E-state index in [0.717, 1.165) is 33.5 Å². The van der Waals surface area contributed by atoms with Crippen molar-refractivity contribution < 1.29 is 13.2 Å². The number of benzene rings is 4. The molecule has 0 fully saturated rings. The predicted molar refractivity (Wildman–Crippen MR) is 161 cm³/mol. The summed E-state index contributed by atoms with van der Waals surface area (Å²) in [4.78, 5) is 18.0. The Kier molecular flexibility index (Phi) is 7.59. The van der Waals surface area contributed by atoms with Crippen molar-refractivity contribution in [3.63, 3.8) is 0 Å². The van der Waals surface area contributed by atoms with E-state index in [1.165, 1.54) is 11.1 Å². The molecule has 5 rings (SSSR count). The quantitative estimate of drug-likeness (QED) is 0.227. The molecule has 0 aliphatic heterocycles. The fourth-order valence-electron chi connectivity index (χ4n) is 4.87. The molecular formula is C33H33N3O3S. The van der Waals surface area contributed by atoms with E-state index in [1.54, 1.807) is 31.2 Å². The van der Waals surface area contributed by atoms with Gasteiger partial charge in [-0.3, -0.25) is 4.79 Å². The number of anilines is 1. The molecule has 0 radical (unpaired) electrons. The summed E-state index contributed by atoms with van der Waals surface area (Å²) in [5, 5.41) is 2.94. The van der Waals surface area contributed by atoms with Crippen molar-refractivity contribution in [3.8, 4) is 11.4 Å². The number of carbonyl (C=O) groups is 1. The van der Waals surface area contributed by atoms with Gasteiger partial charge in [0.15, 0.2) is 9.84 Å². The second-order valence-electron chi connectivity index (χ2n) is 10.2. The summed E-state index contributed by atoms with van der Waals surface area (Å²) >= 11 is 0. The van der Waals surface area contributed by atoms with Gasteiger partial charge in [-0.1, -0.05) is 55.0 Å². The molecule has 204 valence electrons. The van der Waals surface area contributed by atoms with E-state index in [9.17, 15) is 13.2 Å². The Hall–Kier alpha value is -4.23. The lowest BCUT2D eigenvalue weighted by Gasteiger charge is -2.19. The first-order chi connectivity index (χ1) is 19.1. The van der Waals surface area contributed by atoms with Crippen molar-refractivity contribution in [2.24, 2.45) is 0 Å². The first kappa shape index (κ1) is 27.3. The molecule has 0 aliphatic carbocycles. The molecule has 1 heterocycles. The third kappa shape index (κ3) is 5.70. The molecule has 0 spiro atoms. The number of hydrogen-bond acceptors (Lipinski definition) is 4. The average molecular weight is 552 g/mol. The average Bonchev–Trinajstić information content (AvgIpc) is 3.32. The number of aromatic nitrogens is 2. The molecule has 0 aliphatic rings. The van der Waals surface area contributed by atoms with Crippen LogP contribution in [0.25, 0.3) is 22.4 Å². The number of amides is 1. The third-order valence-corrected chi connectivity index (χ3v) is 9.00. The molecule has 0 bridgehead atoms. The zero-order valence-corrected chi connectivity index (χ0v) is 24.0. The molecule has 0 saturated heterocycles. The van der Waals surface area contributed by atoms with Crippen molar-refractivity contribution in [2.75, 3.05) is 11.1 Å². The van der Waals surface area contributed by atoms with Crippen LogP contribution in [-0.4, -0.2) is 29.6 Å². The number of nitrogens with zero attached hydrogens (tertiary/aromatic N) is 2. The normalized spacial score (nSPS) is 12.4. The zero-order valence-electron chi connectivity index (χ0n) is 23.2. The number of aryl methyl sites for hydroxylation is 2. The first-order valence-electron chi connectivity index (χ1n) is 13.4. The maximum absolute atomic E-state index is 12.7. The van der Waals surface area contributed by atoms with Crippen molar-refractivity contribution >= 4 is 32.5 Å². The minimum absolute atomic E-state index is 0.0452. The fraction of sp³-hybridized carbons (Fsp3) is 0.212. The van der Waals surface area contributed by atoms with E-state index in [4.69, 9.17) is 4.98 Å². The van der Waals surface area contributed by atoms with Crippen molar-refractivity contribution in [2.45, 2.75) is 45.1 Å². The van der Waals surface area contributed by atoms with Crippen LogP contribution in [0.5, 0.6) is 0 Å². The first-order valence-corrected chi connectivity index (χ1v) is 15.1. The minimum atomic E-state index is -3.26. The number of imidazole rings is 1. The van der Waals surface area contributed by atoms with Crippen LogP contribution >= 0.6 is 0 Å². The van der Waals surface area contributed by atoms with Crippen LogP contribution < -0.4 is 5.32 Å². The van der Waals surface area contributed by atoms with Crippen molar-refractivity contribution in [3.05, 3.63) is 113 Å². The Morgan fingerprint density at radius 2 is 1.52 bits per heavy atom. The van der Waals surface area contributed by atoms with Gasteiger partial charge in [-0.15, -0.1) is 0 Å². The Morgan fingerprint density at radius 1 is 0.875 bits per heavy atom. The topological polar surface area (TPSA) is 81.1 Å². The van der Waals surface area contributed by atoms with E-state index >= 15 is 0 Å². The highest BCUT2D eigenvalue weighted by Gasteiger charge is 2.19. The highest BCUT2D eigenvalue weighted by molar-refractivity contribution is 7.91. The number of hydrogen-bond donors (Lipinski definition) is 1. The second kappa shape index (κ2) is 11.1. The molecular weight excluding hydrogens is 518 g/mol. The number of nitrogens with one attached hydrogen (secondary N) is 1. The summed E-state index contributed by atoms with van der Waals surface area (Å²) in [7, 11) is -3.26. The van der Waals surface area contributed by atoms with Gasteiger partial charge in [0.25, 0.3) is 0 Å². The van der Waals surface area contributed by atoms with Gasteiger partial charge in [0.1, 0.15) is 5.82 Å². The lowest BCUT2D eigenvalue weighted by molar-refractivity contribution is -0.115. The highest BCUT2D eigenvalue weighted by atomic mass is 32.2. The summed E-state index contributed by atoms with van der Waals surface area (Å²) in [6.45, 7) is 7.96. The molecule has 0 saturated carbocycles. The highest BCUT2D eigenvalue weighted by Crippen LogP contribution is 2.32. The van der Waals surface area contributed by atoms with Crippen LogP contribution in [0.2, 0.25) is 0 Å². The second-order valence-corrected chi connectivity index (χ2v) is 12.5. The van der Waals surface area contributed by atoms with Crippen LogP contribution in [-0.2, 0) is 21.1 Å². The third-order valence-electron chi connectivity index (χ3n) is 7.25. The molecule has 4 aromatic carbocycles. The number of fused-ring (bicyclic) bond motifs is 1. The summed E-state index contributed by atoms with van der Waals surface area (Å²) < 4.78 is 26.3. The van der Waals surface area contributed by atoms with Gasteiger partial charge >= 0.3 is 0 Å². The molecule has 1 N–H and O–H groups in total. The minimum Gasteiger partial charge on any atom is -0.326 e. The molecule has 0 unspecified atom stereocenters. The molecule has 1 aromatic heterocycles. The number of sulfone groups is 1. The predicted octanol–water partition coefficient (Wildman–Crippen LogP) is 6.90. The lowest BCUT2D eigenvalue weighted by Crippen LogP contribution is -2.14. The van der Waals surface area contributed by atoms with Gasteiger partial charge in [-0.25, -0.2) is 13.4 Å². The van der Waals surface area contributed by atoms with E-state index in [-0.39, 0.29) is 29.0 Å². The van der Waals surface area contributed by atoms with E-state index in [2.05, 4.69) is 73.1 Å². The Bertz CT molecular complexity index is 1770. The number of rotatable bonds is 8. The zero-order chi connectivity index (χ0) is 28.4. The molecule has 6 nitrogen and oxygen atoms in total. The van der Waals surface area contributed by atoms with Gasteiger partial charge in [0, 0.05) is 11.3 Å². The van der Waals surface area contributed by atoms with Crippen LogP contribution in [0, 0.1) is 13.8 Å². The SMILES string of the molecule is CCS(=O)(=O)c1ccc(CC(=O)Nc2ccc(-c3nc4cc(C)ccc4n3[C@H](C)c3ccc(C)cc3)cc2)cc1. The monoisotopic (exact) mass is 551 g/mol. The summed E-state index contributed by atoms with van der Waals surface area (Å²) in [5.74, 6) is 0.743. The molecule has 5 aromatic rings. The van der Waals surface area contributed by atoms with E-state index in [1.807, 2.05) is 24.3 Å². The maximum Gasteiger partial charge on any atom is 0.228 e. The molecule has 7 heteroatoms. The van der Waals surface area contributed by atoms with Gasteiger partial charge in [0.05, 0.1) is 34.1 Å². The number of carbonyl (C=O) groups excluding carboxylic acids is 1. The van der Waals surface area contributed by atoms with Crippen molar-refractivity contribution in [1.29, 1.82) is 0 Å². The Morgan fingerprint density at radius 3 is 2.17 bits per heavy atom. The van der Waals surface area contributed by atoms with E-state index in [0.29, 0.717) is 5.69 Å². The van der Waals surface area contributed by atoms with Gasteiger partial charge in [-0.05, 0) is 86.0 Å². The van der Waals surface area contributed by atoms with Crippen LogP contribution in [0.15, 0.2) is 95.9 Å². The van der Waals surface area contributed by atoms with E-state index < -0.39 is 9.84 Å². The fourth-order valence-corrected chi connectivity index (χ4v) is 5.76. The molecule has 1 atom stereocenters. The largest absolute Gasteiger partial charge is 0.326 e. The van der Waals surface area contributed by atoms with Crippen LogP contribution in [0.4, 0.5) is 5.69 Å². The van der Waals surface area contributed by atoms with Crippen LogP contribution in [0.1, 0.15) is 42.1 Å².